The molecule has 3 aromatic carbocycles. The molecule has 0 aliphatic carbocycles. The largest absolute Gasteiger partial charge is 0.305 e. The lowest BCUT2D eigenvalue weighted by Gasteiger charge is -2.33. The van der Waals surface area contributed by atoms with Crippen LogP contribution in [-0.2, 0) is 0 Å². The van der Waals surface area contributed by atoms with Crippen LogP contribution >= 0.6 is 0 Å². The SMILES string of the molecule is c1ccc([C@H]2CN[C@@H](c3ccccc3)c3ccccc32)cc1. The Balaban J connectivity index is 1.79. The average Bonchev–Trinajstić information content (AvgIpc) is 2.62. The summed E-state index contributed by atoms with van der Waals surface area (Å²) in [5.41, 5.74) is 5.56. The first-order chi connectivity index (χ1) is 10.9. The van der Waals surface area contributed by atoms with Gasteiger partial charge in [0.1, 0.15) is 0 Å². The molecule has 0 aromatic heterocycles. The highest BCUT2D eigenvalue weighted by atomic mass is 14.9. The Bertz CT molecular complexity index is 683. The first-order valence-electron chi connectivity index (χ1n) is 7.85. The van der Waals surface area contributed by atoms with Crippen molar-refractivity contribution in [3.63, 3.8) is 0 Å². The lowest BCUT2D eigenvalue weighted by molar-refractivity contribution is 0.531. The summed E-state index contributed by atoms with van der Waals surface area (Å²) in [6.45, 7) is 0.973. The smallest absolute Gasteiger partial charge is 0.0579 e. The summed E-state index contributed by atoms with van der Waals surface area (Å²) in [5.74, 6) is 0.428. The third kappa shape index (κ3) is 2.34. The van der Waals surface area contributed by atoms with Crippen molar-refractivity contribution < 1.29 is 0 Å². The molecule has 1 aliphatic heterocycles. The molecule has 2 atom stereocenters. The van der Waals surface area contributed by atoms with E-state index in [1.807, 2.05) is 0 Å². The highest BCUT2D eigenvalue weighted by Gasteiger charge is 2.28. The van der Waals surface area contributed by atoms with Crippen molar-refractivity contribution in [2.75, 3.05) is 6.54 Å². The van der Waals surface area contributed by atoms with Gasteiger partial charge in [0, 0.05) is 12.5 Å². The summed E-state index contributed by atoms with van der Waals surface area (Å²) in [5, 5.41) is 3.74. The first-order valence-corrected chi connectivity index (χ1v) is 7.85. The maximum Gasteiger partial charge on any atom is 0.0579 e. The summed E-state index contributed by atoms with van der Waals surface area (Å²) in [6, 6.07) is 30.6. The standard InChI is InChI=1S/C21H19N/c1-3-9-16(10-4-1)20-15-22-21(17-11-5-2-6-12-17)19-14-8-7-13-18(19)20/h1-14,20-22H,15H2/t20-,21+/m1/s1. The summed E-state index contributed by atoms with van der Waals surface area (Å²) >= 11 is 0. The average molecular weight is 285 g/mol. The normalized spacial score (nSPS) is 20.4. The molecule has 0 saturated carbocycles. The van der Waals surface area contributed by atoms with Gasteiger partial charge in [-0.2, -0.15) is 0 Å². The van der Waals surface area contributed by atoms with Crippen LogP contribution in [0.15, 0.2) is 84.9 Å². The van der Waals surface area contributed by atoms with Gasteiger partial charge in [0.25, 0.3) is 0 Å². The van der Waals surface area contributed by atoms with Crippen molar-refractivity contribution in [2.24, 2.45) is 0 Å². The van der Waals surface area contributed by atoms with E-state index >= 15 is 0 Å². The van der Waals surface area contributed by atoms with Gasteiger partial charge in [-0.15, -0.1) is 0 Å². The number of fused-ring (bicyclic) bond motifs is 1. The second-order valence-corrected chi connectivity index (χ2v) is 5.84. The maximum absolute atomic E-state index is 3.74. The van der Waals surface area contributed by atoms with E-state index in [4.69, 9.17) is 0 Å². The molecule has 1 heterocycles. The fourth-order valence-electron chi connectivity index (χ4n) is 3.47. The predicted molar refractivity (Wildman–Crippen MR) is 91.0 cm³/mol. The first kappa shape index (κ1) is 13.3. The number of benzene rings is 3. The van der Waals surface area contributed by atoms with Gasteiger partial charge in [-0.3, -0.25) is 0 Å². The summed E-state index contributed by atoms with van der Waals surface area (Å²) in [4.78, 5) is 0. The van der Waals surface area contributed by atoms with Crippen LogP contribution in [0.5, 0.6) is 0 Å². The van der Waals surface area contributed by atoms with Crippen molar-refractivity contribution >= 4 is 0 Å². The lowest BCUT2D eigenvalue weighted by Crippen LogP contribution is -2.34. The monoisotopic (exact) mass is 285 g/mol. The van der Waals surface area contributed by atoms with Gasteiger partial charge >= 0.3 is 0 Å². The predicted octanol–water partition coefficient (Wildman–Crippen LogP) is 4.51. The van der Waals surface area contributed by atoms with E-state index < -0.39 is 0 Å². The Labute approximate surface area is 131 Å². The van der Waals surface area contributed by atoms with Crippen molar-refractivity contribution in [2.45, 2.75) is 12.0 Å². The van der Waals surface area contributed by atoms with E-state index in [1.165, 1.54) is 22.3 Å². The molecule has 1 aliphatic rings. The Morgan fingerprint density at radius 2 is 1.14 bits per heavy atom. The van der Waals surface area contributed by atoms with Gasteiger partial charge in [0.15, 0.2) is 0 Å². The highest BCUT2D eigenvalue weighted by Crippen LogP contribution is 2.36. The molecular weight excluding hydrogens is 266 g/mol. The van der Waals surface area contributed by atoms with Crippen LogP contribution in [0.4, 0.5) is 0 Å². The molecule has 4 rings (SSSR count). The molecule has 0 spiro atoms. The maximum atomic E-state index is 3.74. The fraction of sp³-hybridized carbons (Fsp3) is 0.143. The zero-order valence-corrected chi connectivity index (χ0v) is 12.4. The van der Waals surface area contributed by atoms with Gasteiger partial charge in [-0.05, 0) is 22.3 Å². The molecular formula is C21H19N. The lowest BCUT2D eigenvalue weighted by atomic mass is 9.81. The third-order valence-corrected chi connectivity index (χ3v) is 4.54. The van der Waals surface area contributed by atoms with Crippen LogP contribution < -0.4 is 5.32 Å². The summed E-state index contributed by atoms with van der Waals surface area (Å²) in [6.07, 6.45) is 0. The summed E-state index contributed by atoms with van der Waals surface area (Å²) in [7, 11) is 0. The number of hydrogen-bond donors (Lipinski definition) is 1. The Kier molecular flexibility index (Phi) is 3.49. The molecule has 1 N–H and O–H groups in total. The molecule has 0 radical (unpaired) electrons. The van der Waals surface area contributed by atoms with Crippen molar-refractivity contribution in [3.05, 3.63) is 107 Å². The molecule has 0 bridgehead atoms. The minimum Gasteiger partial charge on any atom is -0.305 e. The van der Waals surface area contributed by atoms with E-state index in [0.29, 0.717) is 5.92 Å². The topological polar surface area (TPSA) is 12.0 Å². The molecule has 0 unspecified atom stereocenters. The van der Waals surface area contributed by atoms with Crippen LogP contribution in [-0.4, -0.2) is 6.54 Å². The van der Waals surface area contributed by atoms with Crippen molar-refractivity contribution in [1.29, 1.82) is 0 Å². The second kappa shape index (κ2) is 5.78. The van der Waals surface area contributed by atoms with Crippen LogP contribution in [0, 0.1) is 0 Å². The number of hydrogen-bond acceptors (Lipinski definition) is 1. The number of nitrogens with one attached hydrogen (secondary N) is 1. The zero-order chi connectivity index (χ0) is 14.8. The van der Waals surface area contributed by atoms with Gasteiger partial charge in [0.2, 0.25) is 0 Å². The van der Waals surface area contributed by atoms with Gasteiger partial charge in [-0.25, -0.2) is 0 Å². The highest BCUT2D eigenvalue weighted by molar-refractivity contribution is 5.45. The van der Waals surface area contributed by atoms with Crippen LogP contribution in [0.1, 0.15) is 34.2 Å². The fourth-order valence-corrected chi connectivity index (χ4v) is 3.47. The van der Waals surface area contributed by atoms with Gasteiger partial charge < -0.3 is 5.32 Å². The molecule has 0 saturated heterocycles. The van der Waals surface area contributed by atoms with Gasteiger partial charge in [-0.1, -0.05) is 84.9 Å². The van der Waals surface area contributed by atoms with Crippen LogP contribution in [0.25, 0.3) is 0 Å². The minimum absolute atomic E-state index is 0.289. The zero-order valence-electron chi connectivity index (χ0n) is 12.4. The second-order valence-electron chi connectivity index (χ2n) is 5.84. The van der Waals surface area contributed by atoms with E-state index in [9.17, 15) is 0 Å². The summed E-state index contributed by atoms with van der Waals surface area (Å²) < 4.78 is 0. The van der Waals surface area contributed by atoms with Crippen molar-refractivity contribution in [3.8, 4) is 0 Å². The van der Waals surface area contributed by atoms with Gasteiger partial charge in [0.05, 0.1) is 6.04 Å². The minimum atomic E-state index is 0.289. The van der Waals surface area contributed by atoms with E-state index in [-0.39, 0.29) is 6.04 Å². The third-order valence-electron chi connectivity index (χ3n) is 4.54. The van der Waals surface area contributed by atoms with Crippen LogP contribution in [0.2, 0.25) is 0 Å². The van der Waals surface area contributed by atoms with E-state index in [1.54, 1.807) is 0 Å². The molecule has 1 heteroatoms. The molecule has 0 fully saturated rings. The van der Waals surface area contributed by atoms with E-state index in [2.05, 4.69) is 90.2 Å². The molecule has 1 nitrogen and oxygen atoms in total. The van der Waals surface area contributed by atoms with Crippen molar-refractivity contribution in [1.82, 2.24) is 5.32 Å². The Morgan fingerprint density at radius 3 is 1.82 bits per heavy atom. The van der Waals surface area contributed by atoms with Crippen LogP contribution in [0.3, 0.4) is 0 Å². The quantitative estimate of drug-likeness (QED) is 0.730. The molecule has 22 heavy (non-hydrogen) atoms. The van der Waals surface area contributed by atoms with E-state index in [0.717, 1.165) is 6.54 Å². The molecule has 0 amide bonds. The number of rotatable bonds is 2. The Hall–Kier alpha value is -2.38. The molecule has 3 aromatic rings. The Morgan fingerprint density at radius 1 is 0.591 bits per heavy atom. The molecule has 108 valence electrons.